The Labute approximate surface area is 109 Å². The summed E-state index contributed by atoms with van der Waals surface area (Å²) < 4.78 is 0. The average molecular weight is 267 g/mol. The van der Waals surface area contributed by atoms with E-state index in [1.807, 2.05) is 0 Å². The molecule has 0 aliphatic rings. The van der Waals surface area contributed by atoms with Crippen molar-refractivity contribution in [3.63, 3.8) is 0 Å². The monoisotopic (exact) mass is 266 g/mol. The van der Waals surface area contributed by atoms with Crippen molar-refractivity contribution in [3.05, 3.63) is 52.6 Å². The van der Waals surface area contributed by atoms with Crippen LogP contribution in [0.15, 0.2) is 42.0 Å². The maximum atomic E-state index is 10.8. The van der Waals surface area contributed by atoms with Crippen molar-refractivity contribution in [2.24, 2.45) is 5.73 Å². The van der Waals surface area contributed by atoms with Crippen LogP contribution >= 0.6 is 23.2 Å². The van der Waals surface area contributed by atoms with Crippen LogP contribution < -0.4 is 5.73 Å². The molecule has 0 heterocycles. The Kier molecular flexibility index (Phi) is 4.77. The van der Waals surface area contributed by atoms with Gasteiger partial charge in [0, 0.05) is 10.1 Å². The molecule has 3 nitrogen and oxygen atoms in total. The highest BCUT2D eigenvalue weighted by Gasteiger charge is 2.02. The molecule has 0 aliphatic heterocycles. The van der Waals surface area contributed by atoms with Crippen LogP contribution in [0, 0.1) is 11.3 Å². The first-order chi connectivity index (χ1) is 8.04. The van der Waals surface area contributed by atoms with Gasteiger partial charge in [0.05, 0.1) is 0 Å². The average Bonchev–Trinajstić information content (AvgIpc) is 2.30. The lowest BCUT2D eigenvalue weighted by molar-refractivity contribution is -0.114. The van der Waals surface area contributed by atoms with Gasteiger partial charge in [0.1, 0.15) is 11.6 Å². The van der Waals surface area contributed by atoms with E-state index in [4.69, 9.17) is 34.2 Å². The van der Waals surface area contributed by atoms with E-state index < -0.39 is 5.91 Å². The predicted molar refractivity (Wildman–Crippen MR) is 68.2 cm³/mol. The Morgan fingerprint density at radius 2 is 1.88 bits per heavy atom. The van der Waals surface area contributed by atoms with Crippen LogP contribution in [0.5, 0.6) is 0 Å². The summed E-state index contributed by atoms with van der Waals surface area (Å²) in [6.45, 7) is 0. The third-order valence-electron chi connectivity index (χ3n) is 1.90. The smallest absolute Gasteiger partial charge is 0.259 e. The number of nitrogens with zero attached hydrogens (tertiary/aromatic N) is 1. The number of primary amides is 1. The number of nitriles is 1. The molecule has 1 amide bonds. The lowest BCUT2D eigenvalue weighted by Crippen LogP contribution is -2.12. The van der Waals surface area contributed by atoms with E-state index in [1.54, 1.807) is 30.3 Å². The largest absolute Gasteiger partial charge is 0.365 e. The van der Waals surface area contributed by atoms with Crippen LogP contribution in [0.3, 0.4) is 0 Å². The molecule has 17 heavy (non-hydrogen) atoms. The number of hydrogen-bond donors (Lipinski definition) is 1. The second kappa shape index (κ2) is 6.09. The van der Waals surface area contributed by atoms with E-state index >= 15 is 0 Å². The topological polar surface area (TPSA) is 66.9 Å². The van der Waals surface area contributed by atoms with E-state index in [9.17, 15) is 4.79 Å². The lowest BCUT2D eigenvalue weighted by atomic mass is 10.2. The molecular weight excluding hydrogens is 259 g/mol. The van der Waals surface area contributed by atoms with E-state index in [0.29, 0.717) is 10.1 Å². The van der Waals surface area contributed by atoms with Crippen molar-refractivity contribution in [2.75, 3.05) is 0 Å². The number of hydrogen-bond acceptors (Lipinski definition) is 2. The number of halogens is 2. The van der Waals surface area contributed by atoms with Crippen molar-refractivity contribution in [1.29, 1.82) is 5.26 Å². The van der Waals surface area contributed by atoms with Gasteiger partial charge >= 0.3 is 0 Å². The molecule has 86 valence electrons. The molecule has 1 rings (SSSR count). The second-order valence-corrected chi connectivity index (χ2v) is 3.92. The number of allylic oxidation sites excluding steroid dienone is 2. The summed E-state index contributed by atoms with van der Waals surface area (Å²) in [6.07, 6.45) is 2.72. The Morgan fingerprint density at radius 3 is 2.35 bits per heavy atom. The van der Waals surface area contributed by atoms with Gasteiger partial charge in [0.25, 0.3) is 5.91 Å². The van der Waals surface area contributed by atoms with Gasteiger partial charge in [-0.05, 0) is 29.8 Å². The summed E-state index contributed by atoms with van der Waals surface area (Å²) in [5.74, 6) is -0.788. The van der Waals surface area contributed by atoms with Crippen molar-refractivity contribution in [1.82, 2.24) is 0 Å². The molecule has 0 saturated carbocycles. The fourth-order valence-electron chi connectivity index (χ4n) is 1.04. The molecule has 0 atom stereocenters. The molecule has 0 aliphatic carbocycles. The zero-order valence-corrected chi connectivity index (χ0v) is 10.2. The van der Waals surface area contributed by atoms with Crippen LogP contribution in [0.25, 0.3) is 5.03 Å². The van der Waals surface area contributed by atoms with Gasteiger partial charge < -0.3 is 5.73 Å². The summed E-state index contributed by atoms with van der Waals surface area (Å²) >= 11 is 11.7. The SMILES string of the molecule is N#C/C(=C\C=C(/Cl)c1ccc(Cl)cc1)C(N)=O. The highest BCUT2D eigenvalue weighted by atomic mass is 35.5. The third-order valence-corrected chi connectivity index (χ3v) is 2.50. The fourth-order valence-corrected chi connectivity index (χ4v) is 1.35. The molecule has 5 heteroatoms. The minimum Gasteiger partial charge on any atom is -0.365 e. The van der Waals surface area contributed by atoms with Gasteiger partial charge in [0.15, 0.2) is 0 Å². The first-order valence-electron chi connectivity index (χ1n) is 4.58. The molecule has 0 spiro atoms. The summed E-state index contributed by atoms with van der Waals surface area (Å²) in [5.41, 5.74) is 5.55. The van der Waals surface area contributed by atoms with Crippen molar-refractivity contribution in [3.8, 4) is 6.07 Å². The molecule has 0 unspecified atom stereocenters. The summed E-state index contributed by atoms with van der Waals surface area (Å²) in [6, 6.07) is 8.52. The van der Waals surface area contributed by atoms with E-state index in [-0.39, 0.29) is 5.57 Å². The van der Waals surface area contributed by atoms with Crippen LogP contribution in [0.4, 0.5) is 0 Å². The van der Waals surface area contributed by atoms with Gasteiger partial charge in [-0.25, -0.2) is 0 Å². The van der Waals surface area contributed by atoms with Crippen LogP contribution in [-0.2, 0) is 4.79 Å². The summed E-state index contributed by atoms with van der Waals surface area (Å²) in [4.78, 5) is 10.8. The molecule has 1 aromatic carbocycles. The minimum atomic E-state index is -0.788. The third kappa shape index (κ3) is 3.95. The van der Waals surface area contributed by atoms with Gasteiger partial charge in [-0.15, -0.1) is 0 Å². The zero-order valence-electron chi connectivity index (χ0n) is 8.65. The van der Waals surface area contributed by atoms with Crippen molar-refractivity contribution < 1.29 is 4.79 Å². The number of rotatable bonds is 3. The molecule has 0 aromatic heterocycles. The molecule has 0 fully saturated rings. The molecule has 0 bridgehead atoms. The highest BCUT2D eigenvalue weighted by Crippen LogP contribution is 2.21. The molecular formula is C12H8Cl2N2O. The zero-order chi connectivity index (χ0) is 12.8. The quantitative estimate of drug-likeness (QED) is 0.519. The molecule has 1 aromatic rings. The van der Waals surface area contributed by atoms with E-state index in [1.165, 1.54) is 12.2 Å². The maximum Gasteiger partial charge on any atom is 0.259 e. The van der Waals surface area contributed by atoms with Crippen molar-refractivity contribution >= 4 is 34.1 Å². The number of amides is 1. The van der Waals surface area contributed by atoms with Crippen molar-refractivity contribution in [2.45, 2.75) is 0 Å². The van der Waals surface area contributed by atoms with Gasteiger partial charge in [0.2, 0.25) is 0 Å². The number of benzene rings is 1. The fraction of sp³-hybridized carbons (Fsp3) is 0. The predicted octanol–water partition coefficient (Wildman–Crippen LogP) is 2.85. The normalized spacial score (nSPS) is 12.1. The van der Waals surface area contributed by atoms with E-state index in [2.05, 4.69) is 0 Å². The summed E-state index contributed by atoms with van der Waals surface area (Å²) in [5, 5.41) is 9.59. The Balaban J connectivity index is 2.98. The van der Waals surface area contributed by atoms with E-state index in [0.717, 1.165) is 5.56 Å². The number of nitrogens with two attached hydrogens (primary N) is 1. The Morgan fingerprint density at radius 1 is 1.29 bits per heavy atom. The van der Waals surface area contributed by atoms with Crippen LogP contribution in [-0.4, -0.2) is 5.91 Å². The van der Waals surface area contributed by atoms with Gasteiger partial charge in [-0.1, -0.05) is 35.3 Å². The number of carbonyl (C=O) groups is 1. The van der Waals surface area contributed by atoms with Crippen LogP contribution in [0.2, 0.25) is 5.02 Å². The lowest BCUT2D eigenvalue weighted by Gasteiger charge is -1.98. The van der Waals surface area contributed by atoms with Crippen LogP contribution in [0.1, 0.15) is 5.56 Å². The van der Waals surface area contributed by atoms with Gasteiger partial charge in [-0.2, -0.15) is 5.26 Å². The second-order valence-electron chi connectivity index (χ2n) is 3.08. The standard InChI is InChI=1S/C12H8Cl2N2O/c13-10-4-1-8(2-5-10)11(14)6-3-9(7-15)12(16)17/h1-6H,(H2,16,17)/b9-3+,11-6-. The first-order valence-corrected chi connectivity index (χ1v) is 5.33. The number of carbonyl (C=O) groups excluding carboxylic acids is 1. The summed E-state index contributed by atoms with van der Waals surface area (Å²) in [7, 11) is 0. The molecule has 2 N–H and O–H groups in total. The first kappa shape index (κ1) is 13.3. The molecule has 0 radical (unpaired) electrons. The molecule has 0 saturated heterocycles. The van der Waals surface area contributed by atoms with Gasteiger partial charge in [-0.3, -0.25) is 4.79 Å². The Bertz CT molecular complexity index is 524. The Hall–Kier alpha value is -1.76. The highest BCUT2D eigenvalue weighted by molar-refractivity contribution is 6.49. The minimum absolute atomic E-state index is 0.155. The maximum absolute atomic E-state index is 10.8.